The number of methoxy groups -OCH3 is 1. The van der Waals surface area contributed by atoms with Crippen LogP contribution in [0.5, 0.6) is 0 Å². The van der Waals surface area contributed by atoms with Crippen LogP contribution in [0.25, 0.3) is 0 Å². The predicted octanol–water partition coefficient (Wildman–Crippen LogP) is 1.61. The van der Waals surface area contributed by atoms with Crippen LogP contribution >= 0.6 is 0 Å². The summed E-state index contributed by atoms with van der Waals surface area (Å²) in [5.74, 6) is -0.0763. The van der Waals surface area contributed by atoms with E-state index in [-0.39, 0.29) is 5.91 Å². The standard InChI is InChI=1S/C14H21N3O2/c1-3-16-14(18)12-5-4-9(15)6-13(12)17-10-7-11(8-10)19-2/h4-6,10-11,17H,3,7-8,15H2,1-2H3,(H,16,18). The van der Waals surface area contributed by atoms with Crippen LogP contribution in [-0.4, -0.2) is 31.7 Å². The van der Waals surface area contributed by atoms with Crippen molar-refractivity contribution in [3.05, 3.63) is 23.8 Å². The van der Waals surface area contributed by atoms with E-state index in [1.165, 1.54) is 0 Å². The summed E-state index contributed by atoms with van der Waals surface area (Å²) in [5, 5.41) is 6.18. The van der Waals surface area contributed by atoms with E-state index in [1.807, 2.05) is 13.0 Å². The van der Waals surface area contributed by atoms with Crippen LogP contribution in [0.2, 0.25) is 0 Å². The third-order valence-corrected chi connectivity index (χ3v) is 3.41. The summed E-state index contributed by atoms with van der Waals surface area (Å²) in [5.41, 5.74) is 7.88. The largest absolute Gasteiger partial charge is 0.399 e. The minimum absolute atomic E-state index is 0.0763. The van der Waals surface area contributed by atoms with E-state index < -0.39 is 0 Å². The molecule has 1 saturated carbocycles. The molecule has 5 nitrogen and oxygen atoms in total. The number of amides is 1. The van der Waals surface area contributed by atoms with Crippen LogP contribution in [0.15, 0.2) is 18.2 Å². The molecule has 0 unspecified atom stereocenters. The first kappa shape index (κ1) is 13.7. The number of hydrogen-bond donors (Lipinski definition) is 3. The van der Waals surface area contributed by atoms with Crippen molar-refractivity contribution in [2.24, 2.45) is 0 Å². The second kappa shape index (κ2) is 5.93. The zero-order chi connectivity index (χ0) is 13.8. The quantitative estimate of drug-likeness (QED) is 0.705. The number of anilines is 2. The summed E-state index contributed by atoms with van der Waals surface area (Å²) in [7, 11) is 1.72. The second-order valence-electron chi connectivity index (χ2n) is 4.83. The van der Waals surface area contributed by atoms with Gasteiger partial charge < -0.3 is 21.1 Å². The first-order chi connectivity index (χ1) is 9.13. The Bertz CT molecular complexity index is 456. The van der Waals surface area contributed by atoms with Crippen molar-refractivity contribution in [2.75, 3.05) is 24.7 Å². The molecular formula is C14H21N3O2. The molecule has 4 N–H and O–H groups in total. The second-order valence-corrected chi connectivity index (χ2v) is 4.83. The van der Waals surface area contributed by atoms with Gasteiger partial charge in [0.05, 0.1) is 11.7 Å². The van der Waals surface area contributed by atoms with E-state index in [0.29, 0.717) is 29.9 Å². The van der Waals surface area contributed by atoms with E-state index in [0.717, 1.165) is 18.5 Å². The SMILES string of the molecule is CCNC(=O)c1ccc(N)cc1NC1CC(OC)C1. The molecule has 1 amide bonds. The van der Waals surface area contributed by atoms with Crippen LogP contribution in [0.3, 0.4) is 0 Å². The average Bonchev–Trinajstić information content (AvgIpc) is 2.33. The van der Waals surface area contributed by atoms with Gasteiger partial charge in [-0.05, 0) is 38.0 Å². The number of nitrogens with one attached hydrogen (secondary N) is 2. The van der Waals surface area contributed by atoms with Gasteiger partial charge >= 0.3 is 0 Å². The first-order valence-corrected chi connectivity index (χ1v) is 6.61. The van der Waals surface area contributed by atoms with E-state index >= 15 is 0 Å². The van der Waals surface area contributed by atoms with Gasteiger partial charge in [0.1, 0.15) is 0 Å². The molecule has 1 fully saturated rings. The number of hydrogen-bond acceptors (Lipinski definition) is 4. The van der Waals surface area contributed by atoms with Crippen LogP contribution in [0, 0.1) is 0 Å². The molecule has 19 heavy (non-hydrogen) atoms. The maximum Gasteiger partial charge on any atom is 0.253 e. The summed E-state index contributed by atoms with van der Waals surface area (Å²) in [6, 6.07) is 5.66. The van der Waals surface area contributed by atoms with Gasteiger partial charge in [0.15, 0.2) is 0 Å². The van der Waals surface area contributed by atoms with Gasteiger partial charge in [0, 0.05) is 31.1 Å². The van der Waals surface area contributed by atoms with Gasteiger partial charge in [-0.15, -0.1) is 0 Å². The van der Waals surface area contributed by atoms with Gasteiger partial charge in [0.25, 0.3) is 5.91 Å². The summed E-state index contributed by atoms with van der Waals surface area (Å²) >= 11 is 0. The highest BCUT2D eigenvalue weighted by Crippen LogP contribution is 2.28. The highest BCUT2D eigenvalue weighted by molar-refractivity contribution is 6.00. The van der Waals surface area contributed by atoms with Crippen molar-refractivity contribution in [3.8, 4) is 0 Å². The lowest BCUT2D eigenvalue weighted by Crippen LogP contribution is -2.40. The number of nitrogen functional groups attached to an aromatic ring is 1. The van der Waals surface area contributed by atoms with Crippen molar-refractivity contribution in [2.45, 2.75) is 31.9 Å². The number of carbonyl (C=O) groups excluding carboxylic acids is 1. The van der Waals surface area contributed by atoms with Crippen LogP contribution in [-0.2, 0) is 4.74 Å². The highest BCUT2D eigenvalue weighted by atomic mass is 16.5. The molecule has 0 radical (unpaired) electrons. The maximum atomic E-state index is 12.0. The van der Waals surface area contributed by atoms with E-state index in [1.54, 1.807) is 19.2 Å². The van der Waals surface area contributed by atoms with Crippen molar-refractivity contribution in [3.63, 3.8) is 0 Å². The lowest BCUT2D eigenvalue weighted by atomic mass is 9.89. The molecule has 0 aromatic heterocycles. The average molecular weight is 263 g/mol. The maximum absolute atomic E-state index is 12.0. The Hall–Kier alpha value is -1.75. The molecule has 1 aliphatic rings. The Balaban J connectivity index is 2.09. The minimum Gasteiger partial charge on any atom is -0.399 e. The Morgan fingerprint density at radius 3 is 2.84 bits per heavy atom. The highest BCUT2D eigenvalue weighted by Gasteiger charge is 2.29. The topological polar surface area (TPSA) is 76.4 Å². The van der Waals surface area contributed by atoms with Gasteiger partial charge in [-0.25, -0.2) is 0 Å². The number of carbonyl (C=O) groups is 1. The molecule has 0 heterocycles. The number of benzene rings is 1. The van der Waals surface area contributed by atoms with Crippen molar-refractivity contribution in [1.29, 1.82) is 0 Å². The zero-order valence-corrected chi connectivity index (χ0v) is 11.4. The normalized spacial score (nSPS) is 21.6. The Labute approximate surface area is 113 Å². The van der Waals surface area contributed by atoms with Crippen molar-refractivity contribution in [1.82, 2.24) is 5.32 Å². The minimum atomic E-state index is -0.0763. The Morgan fingerprint density at radius 1 is 1.47 bits per heavy atom. The number of nitrogens with two attached hydrogens (primary N) is 1. The van der Waals surface area contributed by atoms with E-state index in [2.05, 4.69) is 10.6 Å². The van der Waals surface area contributed by atoms with Crippen molar-refractivity contribution >= 4 is 17.3 Å². The summed E-state index contributed by atoms with van der Waals surface area (Å²) in [6.07, 6.45) is 2.24. The molecule has 0 saturated heterocycles. The van der Waals surface area contributed by atoms with Gasteiger partial charge in [0.2, 0.25) is 0 Å². The van der Waals surface area contributed by atoms with Gasteiger partial charge in [-0.2, -0.15) is 0 Å². The van der Waals surface area contributed by atoms with Crippen molar-refractivity contribution < 1.29 is 9.53 Å². The lowest BCUT2D eigenvalue weighted by molar-refractivity contribution is 0.0328. The van der Waals surface area contributed by atoms with Crippen LogP contribution in [0.1, 0.15) is 30.1 Å². The molecule has 2 rings (SSSR count). The third kappa shape index (κ3) is 3.17. The van der Waals surface area contributed by atoms with E-state index in [4.69, 9.17) is 10.5 Å². The molecule has 0 atom stereocenters. The molecule has 5 heteroatoms. The summed E-state index contributed by atoms with van der Waals surface area (Å²) in [4.78, 5) is 12.0. The number of ether oxygens (including phenoxy) is 1. The molecule has 0 bridgehead atoms. The predicted molar refractivity (Wildman–Crippen MR) is 76.3 cm³/mol. The lowest BCUT2D eigenvalue weighted by Gasteiger charge is -2.35. The fourth-order valence-corrected chi connectivity index (χ4v) is 2.23. The number of rotatable bonds is 5. The monoisotopic (exact) mass is 263 g/mol. The third-order valence-electron chi connectivity index (χ3n) is 3.41. The van der Waals surface area contributed by atoms with Crippen LogP contribution < -0.4 is 16.4 Å². The zero-order valence-electron chi connectivity index (χ0n) is 11.4. The van der Waals surface area contributed by atoms with Gasteiger partial charge in [-0.3, -0.25) is 4.79 Å². The molecule has 1 aliphatic carbocycles. The smallest absolute Gasteiger partial charge is 0.253 e. The Kier molecular flexibility index (Phi) is 4.27. The van der Waals surface area contributed by atoms with Gasteiger partial charge in [-0.1, -0.05) is 0 Å². The summed E-state index contributed by atoms with van der Waals surface area (Å²) < 4.78 is 5.25. The van der Waals surface area contributed by atoms with E-state index in [9.17, 15) is 4.79 Å². The molecule has 0 aliphatic heterocycles. The fourth-order valence-electron chi connectivity index (χ4n) is 2.23. The molecule has 0 spiro atoms. The molecule has 1 aromatic carbocycles. The van der Waals surface area contributed by atoms with Crippen LogP contribution in [0.4, 0.5) is 11.4 Å². The molecular weight excluding hydrogens is 242 g/mol. The summed E-state index contributed by atoms with van der Waals surface area (Å²) in [6.45, 7) is 2.51. The first-order valence-electron chi connectivity index (χ1n) is 6.61. The molecule has 104 valence electrons. The fraction of sp³-hybridized carbons (Fsp3) is 0.500. The Morgan fingerprint density at radius 2 is 2.21 bits per heavy atom. The molecule has 1 aromatic rings.